The van der Waals surface area contributed by atoms with Crippen LogP contribution in [0, 0.1) is 0 Å². The van der Waals surface area contributed by atoms with Crippen molar-refractivity contribution in [3.05, 3.63) is 54.0 Å². The summed E-state index contributed by atoms with van der Waals surface area (Å²) in [4.78, 5) is 27.0. The fraction of sp³-hybridized carbons (Fsp3) is 0.211. The van der Waals surface area contributed by atoms with E-state index in [9.17, 15) is 9.59 Å². The fourth-order valence-corrected chi connectivity index (χ4v) is 3.26. The van der Waals surface area contributed by atoms with Crippen molar-refractivity contribution >= 4 is 22.8 Å². The number of nitrogens with zero attached hydrogens (tertiary/aromatic N) is 2. The van der Waals surface area contributed by atoms with Gasteiger partial charge in [-0.3, -0.25) is 14.3 Å². The number of rotatable bonds is 3. The molecule has 0 radical (unpaired) electrons. The number of carboxylic acid groups (broad SMARTS) is 1. The van der Waals surface area contributed by atoms with Crippen molar-refractivity contribution in [1.29, 1.82) is 0 Å². The molecule has 26 heavy (non-hydrogen) atoms. The number of aromatic nitrogens is 2. The topological polar surface area (TPSA) is 93.5 Å². The van der Waals surface area contributed by atoms with E-state index in [0.717, 1.165) is 21.1 Å². The third-order valence-corrected chi connectivity index (χ3v) is 4.64. The first-order valence-corrected chi connectivity index (χ1v) is 8.25. The minimum absolute atomic E-state index is 0.107. The molecule has 0 spiro atoms. The van der Waals surface area contributed by atoms with Crippen molar-refractivity contribution in [2.45, 2.75) is 25.9 Å². The van der Waals surface area contributed by atoms with Gasteiger partial charge in [-0.05, 0) is 43.2 Å². The third-order valence-electron chi connectivity index (χ3n) is 4.64. The number of fused-ring (bicyclic) bond motifs is 2. The van der Waals surface area contributed by atoms with Gasteiger partial charge in [-0.25, -0.2) is 4.79 Å². The molecule has 1 aromatic carbocycles. The van der Waals surface area contributed by atoms with Crippen LogP contribution in [0.1, 0.15) is 18.1 Å². The Balaban J connectivity index is 1.64. The van der Waals surface area contributed by atoms with Crippen LogP contribution < -0.4 is 10.1 Å². The Morgan fingerprint density at radius 1 is 1.31 bits per heavy atom. The molecule has 0 aliphatic carbocycles. The second kappa shape index (κ2) is 6.27. The normalized spacial score (nSPS) is 16.3. The molecule has 7 nitrogen and oxygen atoms in total. The lowest BCUT2D eigenvalue weighted by Crippen LogP contribution is -2.40. The standard InChI is InChI=1S/C19H17N3O4/c1-11(23)16-7-13-8-20-10-18(15(13)9-21-16)26-14-2-3-17-12(6-14)4-5-22(17)19(24)25/h2-6,8,10,16,21H,7,9H2,1H3,(H,24,25). The van der Waals surface area contributed by atoms with Crippen molar-refractivity contribution in [3.63, 3.8) is 0 Å². The minimum Gasteiger partial charge on any atom is -0.464 e. The minimum atomic E-state index is -1.03. The first-order valence-electron chi connectivity index (χ1n) is 8.25. The van der Waals surface area contributed by atoms with Crippen LogP contribution in [0.2, 0.25) is 0 Å². The van der Waals surface area contributed by atoms with E-state index in [1.165, 1.54) is 6.20 Å². The average molecular weight is 351 g/mol. The number of pyridine rings is 1. The van der Waals surface area contributed by atoms with E-state index >= 15 is 0 Å². The first-order chi connectivity index (χ1) is 12.5. The van der Waals surface area contributed by atoms with Crippen molar-refractivity contribution in [2.75, 3.05) is 0 Å². The number of Topliss-reactive ketones (excluding diaryl/α,β-unsaturated/α-hetero) is 1. The lowest BCUT2D eigenvalue weighted by atomic mass is 9.95. The van der Waals surface area contributed by atoms with Gasteiger partial charge in [-0.1, -0.05) is 0 Å². The molecule has 0 saturated carbocycles. The van der Waals surface area contributed by atoms with Crippen LogP contribution in [0.25, 0.3) is 10.9 Å². The molecule has 1 atom stereocenters. The molecule has 3 heterocycles. The second-order valence-electron chi connectivity index (χ2n) is 6.31. The Labute approximate surface area is 149 Å². The highest BCUT2D eigenvalue weighted by atomic mass is 16.5. The third kappa shape index (κ3) is 2.82. The fourth-order valence-electron chi connectivity index (χ4n) is 3.26. The predicted octanol–water partition coefficient (Wildman–Crippen LogP) is 2.96. The molecule has 3 aromatic rings. The smallest absolute Gasteiger partial charge is 0.415 e. The van der Waals surface area contributed by atoms with Gasteiger partial charge in [-0.15, -0.1) is 0 Å². The Morgan fingerprint density at radius 3 is 2.92 bits per heavy atom. The number of hydrogen-bond donors (Lipinski definition) is 2. The van der Waals surface area contributed by atoms with E-state index in [-0.39, 0.29) is 11.8 Å². The number of ether oxygens (including phenoxy) is 1. The highest BCUT2D eigenvalue weighted by Gasteiger charge is 2.24. The van der Waals surface area contributed by atoms with Crippen molar-refractivity contribution < 1.29 is 19.4 Å². The molecule has 0 amide bonds. The Bertz CT molecular complexity index is 1020. The van der Waals surface area contributed by atoms with E-state index in [1.54, 1.807) is 43.6 Å². The molecular weight excluding hydrogens is 334 g/mol. The Morgan fingerprint density at radius 2 is 2.15 bits per heavy atom. The summed E-state index contributed by atoms with van der Waals surface area (Å²) in [6.07, 6.45) is 4.50. The summed E-state index contributed by atoms with van der Waals surface area (Å²) in [5.41, 5.74) is 2.59. The molecule has 1 aliphatic rings. The van der Waals surface area contributed by atoms with E-state index in [0.29, 0.717) is 30.0 Å². The maximum atomic E-state index is 11.6. The SMILES string of the molecule is CC(=O)C1Cc2cncc(Oc3ccc4c(ccn4C(=O)O)c3)c2CN1. The van der Waals surface area contributed by atoms with Gasteiger partial charge in [0.05, 0.1) is 17.8 Å². The first kappa shape index (κ1) is 16.3. The summed E-state index contributed by atoms with van der Waals surface area (Å²) in [6, 6.07) is 6.78. The molecule has 1 unspecified atom stereocenters. The van der Waals surface area contributed by atoms with E-state index in [2.05, 4.69) is 10.3 Å². The number of nitrogens with one attached hydrogen (secondary N) is 1. The molecule has 4 rings (SSSR count). The number of benzene rings is 1. The second-order valence-corrected chi connectivity index (χ2v) is 6.31. The molecule has 2 N–H and O–H groups in total. The van der Waals surface area contributed by atoms with Gasteiger partial charge >= 0.3 is 6.09 Å². The lowest BCUT2D eigenvalue weighted by Gasteiger charge is -2.25. The zero-order valence-corrected chi connectivity index (χ0v) is 14.1. The van der Waals surface area contributed by atoms with Gasteiger partial charge in [0.25, 0.3) is 0 Å². The maximum Gasteiger partial charge on any atom is 0.415 e. The van der Waals surface area contributed by atoms with Crippen LogP contribution in [0.5, 0.6) is 11.5 Å². The van der Waals surface area contributed by atoms with Crippen LogP contribution in [-0.2, 0) is 17.8 Å². The van der Waals surface area contributed by atoms with E-state index in [4.69, 9.17) is 9.84 Å². The molecule has 0 fully saturated rings. The predicted molar refractivity (Wildman–Crippen MR) is 94.7 cm³/mol. The van der Waals surface area contributed by atoms with Crippen LogP contribution in [0.4, 0.5) is 4.79 Å². The maximum absolute atomic E-state index is 11.6. The summed E-state index contributed by atoms with van der Waals surface area (Å²) in [5.74, 6) is 1.34. The van der Waals surface area contributed by atoms with Gasteiger partial charge < -0.3 is 15.2 Å². The number of ketones is 1. The molecule has 0 saturated heterocycles. The molecular formula is C19H17N3O4. The van der Waals surface area contributed by atoms with Crippen LogP contribution >= 0.6 is 0 Å². The van der Waals surface area contributed by atoms with Gasteiger partial charge in [0.1, 0.15) is 17.3 Å². The zero-order valence-electron chi connectivity index (χ0n) is 14.1. The van der Waals surface area contributed by atoms with Gasteiger partial charge in [-0.2, -0.15) is 0 Å². The monoisotopic (exact) mass is 351 g/mol. The average Bonchev–Trinajstić information content (AvgIpc) is 3.05. The summed E-state index contributed by atoms with van der Waals surface area (Å²) in [7, 11) is 0. The molecule has 1 aliphatic heterocycles. The lowest BCUT2D eigenvalue weighted by molar-refractivity contribution is -0.119. The highest BCUT2D eigenvalue weighted by Crippen LogP contribution is 2.31. The molecule has 132 valence electrons. The van der Waals surface area contributed by atoms with Crippen LogP contribution in [0.3, 0.4) is 0 Å². The quantitative estimate of drug-likeness (QED) is 0.753. The zero-order chi connectivity index (χ0) is 18.3. The number of carbonyl (C=O) groups excluding carboxylic acids is 1. The largest absolute Gasteiger partial charge is 0.464 e. The summed E-state index contributed by atoms with van der Waals surface area (Å²) in [6.45, 7) is 2.12. The molecule has 0 bridgehead atoms. The van der Waals surface area contributed by atoms with Crippen molar-refractivity contribution in [3.8, 4) is 11.5 Å². The van der Waals surface area contributed by atoms with Crippen LogP contribution in [-0.4, -0.2) is 32.6 Å². The van der Waals surface area contributed by atoms with Gasteiger partial charge in [0.2, 0.25) is 0 Å². The summed E-state index contributed by atoms with van der Waals surface area (Å²) < 4.78 is 7.17. The van der Waals surface area contributed by atoms with Crippen LogP contribution in [0.15, 0.2) is 42.9 Å². The Hall–Kier alpha value is -3.19. The van der Waals surface area contributed by atoms with Gasteiger partial charge in [0.15, 0.2) is 0 Å². The summed E-state index contributed by atoms with van der Waals surface area (Å²) >= 11 is 0. The van der Waals surface area contributed by atoms with Crippen molar-refractivity contribution in [1.82, 2.24) is 14.9 Å². The molecule has 2 aromatic heterocycles. The summed E-state index contributed by atoms with van der Waals surface area (Å²) in [5, 5.41) is 13.2. The van der Waals surface area contributed by atoms with Crippen molar-refractivity contribution in [2.24, 2.45) is 0 Å². The molecule has 7 heteroatoms. The van der Waals surface area contributed by atoms with Gasteiger partial charge in [0, 0.05) is 29.9 Å². The highest BCUT2D eigenvalue weighted by molar-refractivity contribution is 5.89. The number of hydrogen-bond acceptors (Lipinski definition) is 5. The number of carbonyl (C=O) groups is 2. The van der Waals surface area contributed by atoms with E-state index < -0.39 is 6.09 Å². The van der Waals surface area contributed by atoms with E-state index in [1.807, 2.05) is 0 Å². The Kier molecular flexibility index (Phi) is 3.93.